The molecule has 0 heterocycles. The van der Waals surface area contributed by atoms with Crippen molar-refractivity contribution in [2.45, 2.75) is 40.2 Å². The van der Waals surface area contributed by atoms with Gasteiger partial charge < -0.3 is 0 Å². The predicted molar refractivity (Wildman–Crippen MR) is 83.1 cm³/mol. The molecular formula is C15H23ClN2O2. The molecule has 0 unspecified atom stereocenters. The Morgan fingerprint density at radius 3 is 2.45 bits per heavy atom. The highest BCUT2D eigenvalue weighted by Crippen LogP contribution is 2.24. The molecule has 0 aliphatic carbocycles. The third kappa shape index (κ3) is 4.76. The van der Waals surface area contributed by atoms with Crippen LogP contribution < -0.4 is 0 Å². The van der Waals surface area contributed by atoms with Crippen molar-refractivity contribution in [1.29, 1.82) is 0 Å². The number of halogens is 1. The zero-order valence-electron chi connectivity index (χ0n) is 12.4. The van der Waals surface area contributed by atoms with E-state index < -0.39 is 0 Å². The lowest BCUT2D eigenvalue weighted by Crippen LogP contribution is -2.28. The number of nitrogens with zero attached hydrogens (tertiary/aromatic N) is 2. The Hall–Kier alpha value is -1.13. The van der Waals surface area contributed by atoms with E-state index in [2.05, 4.69) is 25.7 Å². The molecule has 1 aromatic rings. The van der Waals surface area contributed by atoms with E-state index in [9.17, 15) is 10.1 Å². The van der Waals surface area contributed by atoms with E-state index in [0.717, 1.165) is 31.5 Å². The summed E-state index contributed by atoms with van der Waals surface area (Å²) >= 11 is 6.16. The summed E-state index contributed by atoms with van der Waals surface area (Å²) in [4.78, 5) is 12.8. The minimum Gasteiger partial charge on any atom is -0.299 e. The largest absolute Gasteiger partial charge is 0.299 e. The first-order chi connectivity index (χ1) is 9.51. The molecule has 1 aromatic carbocycles. The maximum Gasteiger partial charge on any atom is 0.269 e. The van der Waals surface area contributed by atoms with Crippen LogP contribution in [0.1, 0.15) is 39.2 Å². The lowest BCUT2D eigenvalue weighted by molar-refractivity contribution is -0.384. The average molecular weight is 299 g/mol. The van der Waals surface area contributed by atoms with Gasteiger partial charge in [-0.15, -0.1) is 0 Å². The van der Waals surface area contributed by atoms with Crippen LogP contribution in [-0.2, 0) is 6.54 Å². The van der Waals surface area contributed by atoms with Crippen molar-refractivity contribution in [3.63, 3.8) is 0 Å². The first kappa shape index (κ1) is 16.9. The molecule has 1 rings (SSSR count). The fourth-order valence-corrected chi connectivity index (χ4v) is 2.43. The third-order valence-electron chi connectivity index (χ3n) is 3.75. The molecule has 20 heavy (non-hydrogen) atoms. The quantitative estimate of drug-likeness (QED) is 0.524. The van der Waals surface area contributed by atoms with Crippen LogP contribution in [0.2, 0.25) is 5.02 Å². The maximum atomic E-state index is 10.8. The Morgan fingerprint density at radius 2 is 1.95 bits per heavy atom. The van der Waals surface area contributed by atoms with Gasteiger partial charge in [0, 0.05) is 30.2 Å². The summed E-state index contributed by atoms with van der Waals surface area (Å²) < 4.78 is 0. The first-order valence-electron chi connectivity index (χ1n) is 7.16. The zero-order valence-corrected chi connectivity index (χ0v) is 13.2. The van der Waals surface area contributed by atoms with E-state index >= 15 is 0 Å². The molecule has 0 aromatic heterocycles. The van der Waals surface area contributed by atoms with Gasteiger partial charge in [0.2, 0.25) is 0 Å². The van der Waals surface area contributed by atoms with Gasteiger partial charge in [-0.1, -0.05) is 45.2 Å². The highest BCUT2D eigenvalue weighted by molar-refractivity contribution is 6.31. The fraction of sp³-hybridized carbons (Fsp3) is 0.600. The summed E-state index contributed by atoms with van der Waals surface area (Å²) in [5.41, 5.74) is 0.927. The summed E-state index contributed by atoms with van der Waals surface area (Å²) in [6.07, 6.45) is 2.30. The SMILES string of the molecule is CCC(CC)CN(CC)Cc1cc([N+](=O)[O-])ccc1Cl. The lowest BCUT2D eigenvalue weighted by atomic mass is 10.0. The average Bonchev–Trinajstić information content (AvgIpc) is 2.45. The maximum absolute atomic E-state index is 10.8. The number of hydrogen-bond donors (Lipinski definition) is 0. The second-order valence-electron chi connectivity index (χ2n) is 5.04. The molecule has 0 aliphatic rings. The predicted octanol–water partition coefficient (Wildman–Crippen LogP) is 4.51. The molecular weight excluding hydrogens is 276 g/mol. The molecule has 0 fully saturated rings. The van der Waals surface area contributed by atoms with Crippen molar-refractivity contribution in [3.8, 4) is 0 Å². The van der Waals surface area contributed by atoms with Gasteiger partial charge in [-0.3, -0.25) is 15.0 Å². The standard InChI is InChI=1S/C15H23ClN2O2/c1-4-12(5-2)10-17(6-3)11-13-9-14(18(19)20)7-8-15(13)16/h7-9,12H,4-6,10-11H2,1-3H3. The summed E-state index contributed by atoms with van der Waals surface area (Å²) in [7, 11) is 0. The Labute approximate surface area is 125 Å². The van der Waals surface area contributed by atoms with E-state index in [4.69, 9.17) is 11.6 Å². The van der Waals surface area contributed by atoms with E-state index in [1.165, 1.54) is 6.07 Å². The summed E-state index contributed by atoms with van der Waals surface area (Å²) in [5.74, 6) is 0.660. The lowest BCUT2D eigenvalue weighted by Gasteiger charge is -2.25. The summed E-state index contributed by atoms with van der Waals surface area (Å²) in [6, 6.07) is 4.64. The highest BCUT2D eigenvalue weighted by Gasteiger charge is 2.14. The minimum absolute atomic E-state index is 0.1000. The molecule has 0 radical (unpaired) electrons. The fourth-order valence-electron chi connectivity index (χ4n) is 2.25. The van der Waals surface area contributed by atoms with Crippen LogP contribution in [0.4, 0.5) is 5.69 Å². The van der Waals surface area contributed by atoms with Gasteiger partial charge in [0.15, 0.2) is 0 Å². The van der Waals surface area contributed by atoms with Crippen molar-refractivity contribution >= 4 is 17.3 Å². The highest BCUT2D eigenvalue weighted by atomic mass is 35.5. The second-order valence-corrected chi connectivity index (χ2v) is 5.45. The molecule has 4 nitrogen and oxygen atoms in total. The molecule has 0 atom stereocenters. The molecule has 0 N–H and O–H groups in total. The van der Waals surface area contributed by atoms with Gasteiger partial charge >= 0.3 is 0 Å². The summed E-state index contributed by atoms with van der Waals surface area (Å²) in [6.45, 7) is 9.07. The number of hydrogen-bond acceptors (Lipinski definition) is 3. The van der Waals surface area contributed by atoms with Crippen molar-refractivity contribution in [2.24, 2.45) is 5.92 Å². The van der Waals surface area contributed by atoms with Crippen LogP contribution in [0, 0.1) is 16.0 Å². The molecule has 0 saturated carbocycles. The van der Waals surface area contributed by atoms with Crippen LogP contribution >= 0.6 is 11.6 Å². The molecule has 0 spiro atoms. The van der Waals surface area contributed by atoms with Crippen LogP contribution in [0.25, 0.3) is 0 Å². The normalized spacial score (nSPS) is 11.3. The van der Waals surface area contributed by atoms with Crippen LogP contribution in [0.3, 0.4) is 0 Å². The second kappa shape index (κ2) is 8.22. The topological polar surface area (TPSA) is 46.4 Å². The Morgan fingerprint density at radius 1 is 1.30 bits per heavy atom. The van der Waals surface area contributed by atoms with Crippen LogP contribution in [0.15, 0.2) is 18.2 Å². The van der Waals surface area contributed by atoms with Crippen molar-refractivity contribution < 1.29 is 4.92 Å². The van der Waals surface area contributed by atoms with Gasteiger partial charge in [-0.25, -0.2) is 0 Å². The number of benzene rings is 1. The molecule has 0 amide bonds. The van der Waals surface area contributed by atoms with E-state index in [1.54, 1.807) is 12.1 Å². The van der Waals surface area contributed by atoms with Crippen molar-refractivity contribution in [1.82, 2.24) is 4.90 Å². The molecule has 0 bridgehead atoms. The molecule has 0 saturated heterocycles. The van der Waals surface area contributed by atoms with E-state index in [-0.39, 0.29) is 10.6 Å². The van der Waals surface area contributed by atoms with Gasteiger partial charge in [0.05, 0.1) is 4.92 Å². The minimum atomic E-state index is -0.378. The smallest absolute Gasteiger partial charge is 0.269 e. The Bertz CT molecular complexity index is 447. The molecule has 5 heteroatoms. The zero-order chi connectivity index (χ0) is 15.1. The number of non-ortho nitro benzene ring substituents is 1. The van der Waals surface area contributed by atoms with Crippen molar-refractivity contribution in [2.75, 3.05) is 13.1 Å². The summed E-state index contributed by atoms with van der Waals surface area (Å²) in [5, 5.41) is 11.4. The van der Waals surface area contributed by atoms with E-state index in [1.807, 2.05) is 0 Å². The van der Waals surface area contributed by atoms with Gasteiger partial charge in [0.25, 0.3) is 5.69 Å². The molecule has 112 valence electrons. The molecule has 0 aliphatic heterocycles. The first-order valence-corrected chi connectivity index (χ1v) is 7.54. The number of nitro groups is 1. The number of rotatable bonds is 8. The van der Waals surface area contributed by atoms with Gasteiger partial charge in [0.1, 0.15) is 0 Å². The van der Waals surface area contributed by atoms with Gasteiger partial charge in [-0.2, -0.15) is 0 Å². The van der Waals surface area contributed by atoms with E-state index in [0.29, 0.717) is 17.5 Å². The third-order valence-corrected chi connectivity index (χ3v) is 4.12. The van der Waals surface area contributed by atoms with Gasteiger partial charge in [-0.05, 0) is 24.1 Å². The Balaban J connectivity index is 2.83. The van der Waals surface area contributed by atoms with Crippen LogP contribution in [-0.4, -0.2) is 22.9 Å². The van der Waals surface area contributed by atoms with Crippen molar-refractivity contribution in [3.05, 3.63) is 38.9 Å². The number of nitro benzene ring substituents is 1. The van der Waals surface area contributed by atoms with Crippen LogP contribution in [0.5, 0.6) is 0 Å². The Kier molecular flexibility index (Phi) is 6.96. The monoisotopic (exact) mass is 298 g/mol.